The molecule has 6 nitrogen and oxygen atoms in total. The molecule has 26 heavy (non-hydrogen) atoms. The molecule has 0 bridgehead atoms. The fraction of sp³-hybridized carbons (Fsp3) is 0.158. The largest absolute Gasteiger partial charge is 0.493 e. The second kappa shape index (κ2) is 9.83. The molecule has 2 rings (SSSR count). The number of hydrogen-bond acceptors (Lipinski definition) is 5. The number of amides is 1. The molecule has 0 fully saturated rings. The number of nitrogens with zero attached hydrogens (tertiary/aromatic N) is 1. The molecular formula is C19H19FN2O4. The van der Waals surface area contributed by atoms with Crippen molar-refractivity contribution in [1.29, 1.82) is 0 Å². The van der Waals surface area contributed by atoms with Crippen molar-refractivity contribution < 1.29 is 23.4 Å². The first-order valence-electron chi connectivity index (χ1n) is 7.75. The van der Waals surface area contributed by atoms with Gasteiger partial charge in [0.25, 0.3) is 5.91 Å². The van der Waals surface area contributed by atoms with Crippen LogP contribution in [0.25, 0.3) is 0 Å². The number of hydrazone groups is 1. The molecule has 1 N–H and O–H groups in total. The highest BCUT2D eigenvalue weighted by Crippen LogP contribution is 2.27. The first-order chi connectivity index (χ1) is 12.6. The Bertz CT molecular complexity index is 793. The van der Waals surface area contributed by atoms with E-state index in [2.05, 4.69) is 17.1 Å². The number of methoxy groups -OCH3 is 1. The predicted molar refractivity (Wildman–Crippen MR) is 96.3 cm³/mol. The molecule has 0 aliphatic rings. The predicted octanol–water partition coefficient (Wildman–Crippen LogP) is 2.93. The maximum Gasteiger partial charge on any atom is 0.277 e. The summed E-state index contributed by atoms with van der Waals surface area (Å²) < 4.78 is 29.2. The van der Waals surface area contributed by atoms with Gasteiger partial charge in [0.2, 0.25) is 0 Å². The number of nitrogens with one attached hydrogen (secondary N) is 1. The van der Waals surface area contributed by atoms with Gasteiger partial charge in [0.05, 0.1) is 13.3 Å². The van der Waals surface area contributed by atoms with Crippen LogP contribution >= 0.6 is 0 Å². The topological polar surface area (TPSA) is 69.2 Å². The summed E-state index contributed by atoms with van der Waals surface area (Å²) in [4.78, 5) is 11.7. The van der Waals surface area contributed by atoms with Gasteiger partial charge in [-0.25, -0.2) is 9.82 Å². The quantitative estimate of drug-likeness (QED) is 0.425. The summed E-state index contributed by atoms with van der Waals surface area (Å²) in [7, 11) is 1.53. The molecule has 2 aromatic rings. The van der Waals surface area contributed by atoms with E-state index >= 15 is 0 Å². The molecule has 0 atom stereocenters. The van der Waals surface area contributed by atoms with Gasteiger partial charge in [0, 0.05) is 0 Å². The highest BCUT2D eigenvalue weighted by Gasteiger charge is 2.06. The van der Waals surface area contributed by atoms with Crippen LogP contribution in [0, 0.1) is 5.82 Å². The van der Waals surface area contributed by atoms with Gasteiger partial charge in [-0.15, -0.1) is 0 Å². The zero-order valence-corrected chi connectivity index (χ0v) is 14.3. The molecule has 0 aromatic heterocycles. The number of rotatable bonds is 9. The Morgan fingerprint density at radius 3 is 2.73 bits per heavy atom. The number of carbonyl (C=O) groups is 1. The van der Waals surface area contributed by atoms with E-state index in [1.54, 1.807) is 30.3 Å². The minimum absolute atomic E-state index is 0.00600. The summed E-state index contributed by atoms with van der Waals surface area (Å²) in [5.74, 6) is 0.0698. The van der Waals surface area contributed by atoms with Crippen molar-refractivity contribution in [2.75, 3.05) is 20.3 Å². The van der Waals surface area contributed by atoms with E-state index in [4.69, 9.17) is 14.2 Å². The van der Waals surface area contributed by atoms with Crippen LogP contribution in [0.5, 0.6) is 17.2 Å². The highest BCUT2D eigenvalue weighted by atomic mass is 19.1. The molecule has 0 heterocycles. The molecule has 0 radical (unpaired) electrons. The summed E-state index contributed by atoms with van der Waals surface area (Å²) in [6.45, 7) is 3.60. The monoisotopic (exact) mass is 358 g/mol. The van der Waals surface area contributed by atoms with E-state index in [9.17, 15) is 9.18 Å². The Morgan fingerprint density at radius 2 is 2.00 bits per heavy atom. The molecule has 0 aliphatic heterocycles. The molecule has 0 unspecified atom stereocenters. The van der Waals surface area contributed by atoms with Gasteiger partial charge >= 0.3 is 0 Å². The van der Waals surface area contributed by atoms with Gasteiger partial charge in [-0.2, -0.15) is 5.10 Å². The SMILES string of the molecule is C=CCOc1ccc(/C=N\NC(=O)COc2ccccc2F)cc1OC. The Balaban J connectivity index is 1.88. The van der Waals surface area contributed by atoms with Crippen LogP contribution in [-0.4, -0.2) is 32.4 Å². The third-order valence-corrected chi connectivity index (χ3v) is 3.14. The van der Waals surface area contributed by atoms with E-state index < -0.39 is 11.7 Å². The second-order valence-corrected chi connectivity index (χ2v) is 5.02. The van der Waals surface area contributed by atoms with E-state index in [-0.39, 0.29) is 12.4 Å². The maximum atomic E-state index is 13.4. The summed E-state index contributed by atoms with van der Waals surface area (Å²) >= 11 is 0. The third kappa shape index (κ3) is 5.62. The van der Waals surface area contributed by atoms with Crippen molar-refractivity contribution in [3.05, 3.63) is 66.5 Å². The maximum absolute atomic E-state index is 13.4. The Labute approximate surface area is 150 Å². The second-order valence-electron chi connectivity index (χ2n) is 5.02. The van der Waals surface area contributed by atoms with Crippen molar-refractivity contribution in [3.63, 3.8) is 0 Å². The average molecular weight is 358 g/mol. The minimum Gasteiger partial charge on any atom is -0.493 e. The first kappa shape index (κ1) is 19.0. The summed E-state index contributed by atoms with van der Waals surface area (Å²) in [5, 5.41) is 3.83. The van der Waals surface area contributed by atoms with Crippen molar-refractivity contribution in [2.24, 2.45) is 5.10 Å². The molecule has 0 spiro atoms. The van der Waals surface area contributed by atoms with E-state index in [0.29, 0.717) is 23.7 Å². The molecule has 136 valence electrons. The molecule has 0 saturated heterocycles. The third-order valence-electron chi connectivity index (χ3n) is 3.14. The van der Waals surface area contributed by atoms with Gasteiger partial charge in [0.15, 0.2) is 29.7 Å². The number of benzene rings is 2. The number of carbonyl (C=O) groups excluding carboxylic acids is 1. The van der Waals surface area contributed by atoms with Crippen LogP contribution < -0.4 is 19.6 Å². The number of para-hydroxylation sites is 1. The molecule has 0 saturated carbocycles. The Kier molecular flexibility index (Phi) is 7.17. The van der Waals surface area contributed by atoms with E-state index in [1.165, 1.54) is 31.5 Å². The fourth-order valence-corrected chi connectivity index (χ4v) is 1.95. The number of hydrogen-bond donors (Lipinski definition) is 1. The highest BCUT2D eigenvalue weighted by molar-refractivity contribution is 5.83. The fourth-order valence-electron chi connectivity index (χ4n) is 1.95. The van der Waals surface area contributed by atoms with Gasteiger partial charge < -0.3 is 14.2 Å². The van der Waals surface area contributed by atoms with Crippen LogP contribution in [0.2, 0.25) is 0 Å². The summed E-state index contributed by atoms with van der Waals surface area (Å²) in [5.41, 5.74) is 3.00. The number of ether oxygens (including phenoxy) is 3. The Hall–Kier alpha value is -3.35. The zero-order valence-electron chi connectivity index (χ0n) is 14.3. The van der Waals surface area contributed by atoms with Crippen LogP contribution in [0.3, 0.4) is 0 Å². The Morgan fingerprint density at radius 1 is 1.19 bits per heavy atom. The zero-order chi connectivity index (χ0) is 18.8. The van der Waals surface area contributed by atoms with Crippen molar-refractivity contribution in [1.82, 2.24) is 5.43 Å². The lowest BCUT2D eigenvalue weighted by Gasteiger charge is -2.09. The smallest absolute Gasteiger partial charge is 0.277 e. The lowest BCUT2D eigenvalue weighted by Crippen LogP contribution is -2.24. The van der Waals surface area contributed by atoms with Crippen LogP contribution in [0.1, 0.15) is 5.56 Å². The molecule has 7 heteroatoms. The molecular weight excluding hydrogens is 339 g/mol. The van der Waals surface area contributed by atoms with Crippen molar-refractivity contribution >= 4 is 12.1 Å². The van der Waals surface area contributed by atoms with Crippen molar-refractivity contribution in [2.45, 2.75) is 0 Å². The molecule has 0 aliphatic carbocycles. The van der Waals surface area contributed by atoms with E-state index in [0.717, 1.165) is 0 Å². The van der Waals surface area contributed by atoms with Gasteiger partial charge in [-0.1, -0.05) is 24.8 Å². The lowest BCUT2D eigenvalue weighted by atomic mass is 10.2. The molecule has 1 amide bonds. The number of halogens is 1. The van der Waals surface area contributed by atoms with Crippen LogP contribution in [0.4, 0.5) is 4.39 Å². The standard InChI is InChI=1S/C19H19FN2O4/c1-3-10-25-17-9-8-14(11-18(17)24-2)12-21-22-19(23)13-26-16-7-5-4-6-15(16)20/h3-9,11-12H,1,10,13H2,2H3,(H,22,23)/b21-12-. The molecule has 2 aromatic carbocycles. The van der Waals surface area contributed by atoms with E-state index in [1.807, 2.05) is 0 Å². The average Bonchev–Trinajstić information content (AvgIpc) is 2.66. The van der Waals surface area contributed by atoms with Gasteiger partial charge in [-0.3, -0.25) is 4.79 Å². The van der Waals surface area contributed by atoms with Crippen LogP contribution in [-0.2, 0) is 4.79 Å². The van der Waals surface area contributed by atoms with Crippen molar-refractivity contribution in [3.8, 4) is 17.2 Å². The lowest BCUT2D eigenvalue weighted by molar-refractivity contribution is -0.123. The van der Waals surface area contributed by atoms with Gasteiger partial charge in [0.1, 0.15) is 6.61 Å². The first-order valence-corrected chi connectivity index (χ1v) is 7.75. The minimum atomic E-state index is -0.533. The summed E-state index contributed by atoms with van der Waals surface area (Å²) in [6.07, 6.45) is 3.08. The summed E-state index contributed by atoms with van der Waals surface area (Å²) in [6, 6.07) is 11.0. The van der Waals surface area contributed by atoms with Crippen LogP contribution in [0.15, 0.2) is 60.2 Å². The normalized spacial score (nSPS) is 10.4. The van der Waals surface area contributed by atoms with Gasteiger partial charge in [-0.05, 0) is 35.9 Å².